The van der Waals surface area contributed by atoms with E-state index in [0.29, 0.717) is 0 Å². The molecule has 2 amide bonds. The molecular weight excluding hydrogens is 234 g/mol. The number of nitrogens with zero attached hydrogens (tertiary/aromatic N) is 1. The van der Waals surface area contributed by atoms with E-state index in [-0.39, 0.29) is 0 Å². The lowest BCUT2D eigenvalue weighted by molar-refractivity contribution is 0.249. The summed E-state index contributed by atoms with van der Waals surface area (Å²) in [6.45, 7) is 0. The van der Waals surface area contributed by atoms with Gasteiger partial charge in [0.05, 0.1) is 6.21 Å². The minimum atomic E-state index is -0.677. The second kappa shape index (κ2) is 4.61. The third kappa shape index (κ3) is 3.25. The monoisotopic (exact) mass is 241 g/mol. The average Bonchev–Trinajstić information content (AvgIpc) is 2.08. The maximum absolute atomic E-state index is 10.3. The van der Waals surface area contributed by atoms with E-state index < -0.39 is 6.03 Å². The van der Waals surface area contributed by atoms with E-state index in [1.54, 1.807) is 0 Å². The first kappa shape index (κ1) is 9.73. The number of benzene rings is 1. The maximum atomic E-state index is 10.3. The summed E-state index contributed by atoms with van der Waals surface area (Å²) in [6.07, 6.45) is 1.51. The van der Waals surface area contributed by atoms with E-state index in [0.717, 1.165) is 10.0 Å². The summed E-state index contributed by atoms with van der Waals surface area (Å²) < 4.78 is 0.907. The van der Waals surface area contributed by atoms with Gasteiger partial charge in [0.2, 0.25) is 0 Å². The van der Waals surface area contributed by atoms with Crippen molar-refractivity contribution in [2.24, 2.45) is 10.8 Å². The van der Waals surface area contributed by atoms with Crippen LogP contribution in [0.1, 0.15) is 5.56 Å². The highest BCUT2D eigenvalue weighted by molar-refractivity contribution is 9.10. The molecule has 0 fully saturated rings. The van der Waals surface area contributed by atoms with Crippen molar-refractivity contribution in [3.05, 3.63) is 34.3 Å². The lowest BCUT2D eigenvalue weighted by Gasteiger charge is -1.95. The topological polar surface area (TPSA) is 67.5 Å². The van der Waals surface area contributed by atoms with Gasteiger partial charge in [-0.3, -0.25) is 0 Å². The number of carbonyl (C=O) groups is 1. The molecule has 0 aliphatic heterocycles. The van der Waals surface area contributed by atoms with Gasteiger partial charge in [0, 0.05) is 10.0 Å². The Bertz CT molecular complexity index is 338. The van der Waals surface area contributed by atoms with Gasteiger partial charge < -0.3 is 5.73 Å². The van der Waals surface area contributed by atoms with Crippen LogP contribution in [-0.2, 0) is 0 Å². The summed E-state index contributed by atoms with van der Waals surface area (Å²) in [7, 11) is 0. The molecule has 5 heteroatoms. The number of urea groups is 1. The van der Waals surface area contributed by atoms with E-state index in [1.807, 2.05) is 24.3 Å². The lowest BCUT2D eigenvalue weighted by Crippen LogP contribution is -2.24. The van der Waals surface area contributed by atoms with Gasteiger partial charge in [0.1, 0.15) is 0 Å². The lowest BCUT2D eigenvalue weighted by atomic mass is 10.2. The van der Waals surface area contributed by atoms with Crippen molar-refractivity contribution in [2.45, 2.75) is 0 Å². The third-order valence-corrected chi connectivity index (χ3v) is 2.01. The fraction of sp³-hybridized carbons (Fsp3) is 0. The third-order valence-electron chi connectivity index (χ3n) is 1.28. The highest BCUT2D eigenvalue weighted by Gasteiger charge is 1.93. The zero-order valence-electron chi connectivity index (χ0n) is 6.70. The summed E-state index contributed by atoms with van der Waals surface area (Å²) in [5, 5.41) is 3.62. The number of rotatable bonds is 2. The molecule has 4 nitrogen and oxygen atoms in total. The van der Waals surface area contributed by atoms with Gasteiger partial charge in [-0.15, -0.1) is 0 Å². The molecule has 1 rings (SSSR count). The van der Waals surface area contributed by atoms with Crippen LogP contribution in [0.2, 0.25) is 0 Å². The fourth-order valence-electron chi connectivity index (χ4n) is 0.745. The predicted molar refractivity (Wildman–Crippen MR) is 54.5 cm³/mol. The van der Waals surface area contributed by atoms with Crippen LogP contribution in [0.15, 0.2) is 33.8 Å². The zero-order chi connectivity index (χ0) is 9.68. The van der Waals surface area contributed by atoms with Crippen LogP contribution < -0.4 is 11.2 Å². The Kier molecular flexibility index (Phi) is 3.45. The van der Waals surface area contributed by atoms with E-state index in [2.05, 4.69) is 26.5 Å². The molecule has 13 heavy (non-hydrogen) atoms. The van der Waals surface area contributed by atoms with Gasteiger partial charge in [0.25, 0.3) is 0 Å². The van der Waals surface area contributed by atoms with E-state index in [4.69, 9.17) is 5.73 Å². The van der Waals surface area contributed by atoms with Crippen molar-refractivity contribution in [1.29, 1.82) is 0 Å². The Labute approximate surface area is 83.9 Å². The summed E-state index contributed by atoms with van der Waals surface area (Å²) in [4.78, 5) is 10.3. The van der Waals surface area contributed by atoms with Crippen LogP contribution >= 0.6 is 15.9 Å². The number of carbonyl (C=O) groups excluding carboxylic acids is 1. The first-order valence-corrected chi connectivity index (χ1v) is 4.32. The van der Waals surface area contributed by atoms with Crippen molar-refractivity contribution in [1.82, 2.24) is 5.43 Å². The molecule has 0 saturated carbocycles. The first-order chi connectivity index (χ1) is 6.20. The smallest absolute Gasteiger partial charge is 0.332 e. The number of nitrogens with two attached hydrogens (primary N) is 1. The summed E-state index contributed by atoms with van der Waals surface area (Å²) in [5.74, 6) is 0. The Morgan fingerprint density at radius 2 is 2.23 bits per heavy atom. The molecule has 0 saturated heterocycles. The van der Waals surface area contributed by atoms with Crippen LogP contribution in [0.3, 0.4) is 0 Å². The van der Waals surface area contributed by atoms with Crippen molar-refractivity contribution in [2.75, 3.05) is 0 Å². The molecule has 0 atom stereocenters. The van der Waals surface area contributed by atoms with Crippen LogP contribution in [-0.4, -0.2) is 12.2 Å². The normalized spacial score (nSPS) is 10.2. The molecule has 0 unspecified atom stereocenters. The van der Waals surface area contributed by atoms with Crippen molar-refractivity contribution < 1.29 is 4.79 Å². The second-order valence-electron chi connectivity index (χ2n) is 2.26. The Balaban J connectivity index is 2.68. The standard InChI is InChI=1S/C8H8BrN3O/c9-7-4-2-1-3-6(7)5-11-12-8(10)13/h1-5H,(H3,10,12,13)/b11-5-. The minimum Gasteiger partial charge on any atom is -0.350 e. The summed E-state index contributed by atoms with van der Waals surface area (Å²) in [6, 6.07) is 6.82. The Morgan fingerprint density at radius 1 is 1.54 bits per heavy atom. The van der Waals surface area contributed by atoms with Gasteiger partial charge in [0.15, 0.2) is 0 Å². The molecule has 0 aliphatic carbocycles. The Morgan fingerprint density at radius 3 is 2.85 bits per heavy atom. The largest absolute Gasteiger partial charge is 0.350 e. The highest BCUT2D eigenvalue weighted by atomic mass is 79.9. The maximum Gasteiger partial charge on any atom is 0.332 e. The zero-order valence-corrected chi connectivity index (χ0v) is 8.28. The van der Waals surface area contributed by atoms with Gasteiger partial charge in [-0.2, -0.15) is 5.10 Å². The molecule has 1 aromatic rings. The number of hydrogen-bond acceptors (Lipinski definition) is 2. The quantitative estimate of drug-likeness (QED) is 0.598. The highest BCUT2D eigenvalue weighted by Crippen LogP contribution is 2.12. The number of halogens is 1. The first-order valence-electron chi connectivity index (χ1n) is 3.53. The van der Waals surface area contributed by atoms with E-state index in [9.17, 15) is 4.79 Å². The molecule has 0 spiro atoms. The number of hydrogen-bond donors (Lipinski definition) is 2. The molecule has 1 aromatic carbocycles. The molecule has 0 aromatic heterocycles. The molecule has 0 heterocycles. The van der Waals surface area contributed by atoms with Crippen molar-refractivity contribution in [3.8, 4) is 0 Å². The minimum absolute atomic E-state index is 0.677. The summed E-state index contributed by atoms with van der Waals surface area (Å²) >= 11 is 3.33. The second-order valence-corrected chi connectivity index (χ2v) is 3.11. The van der Waals surface area contributed by atoms with Gasteiger partial charge in [-0.1, -0.05) is 34.1 Å². The number of hydrazone groups is 1. The van der Waals surface area contributed by atoms with Crippen LogP contribution in [0.25, 0.3) is 0 Å². The molecule has 0 bridgehead atoms. The SMILES string of the molecule is NC(=O)N/N=C\c1ccccc1Br. The van der Waals surface area contributed by atoms with E-state index in [1.165, 1.54) is 6.21 Å². The predicted octanol–water partition coefficient (Wildman–Crippen LogP) is 1.45. The molecular formula is C8H8BrN3O. The number of amides is 2. The van der Waals surface area contributed by atoms with Crippen LogP contribution in [0.4, 0.5) is 4.79 Å². The van der Waals surface area contributed by atoms with Gasteiger partial charge >= 0.3 is 6.03 Å². The molecule has 0 radical (unpaired) electrons. The average molecular weight is 242 g/mol. The molecule has 3 N–H and O–H groups in total. The van der Waals surface area contributed by atoms with E-state index >= 15 is 0 Å². The molecule has 0 aliphatic rings. The number of primary amides is 1. The van der Waals surface area contributed by atoms with Gasteiger partial charge in [-0.25, -0.2) is 10.2 Å². The summed E-state index contributed by atoms with van der Waals surface area (Å²) in [5.41, 5.74) is 7.80. The van der Waals surface area contributed by atoms with Crippen molar-refractivity contribution in [3.63, 3.8) is 0 Å². The van der Waals surface area contributed by atoms with Crippen LogP contribution in [0, 0.1) is 0 Å². The number of nitrogens with one attached hydrogen (secondary N) is 1. The molecule has 68 valence electrons. The van der Waals surface area contributed by atoms with Crippen LogP contribution in [0.5, 0.6) is 0 Å². The Hall–Kier alpha value is -1.36. The van der Waals surface area contributed by atoms with Gasteiger partial charge in [-0.05, 0) is 6.07 Å². The van der Waals surface area contributed by atoms with Crippen molar-refractivity contribution >= 4 is 28.2 Å². The fourth-order valence-corrected chi connectivity index (χ4v) is 1.13.